The lowest BCUT2D eigenvalue weighted by molar-refractivity contribution is -0.134. The number of rotatable bonds is 7. The first-order valence-electron chi connectivity index (χ1n) is 7.71. The third-order valence-corrected chi connectivity index (χ3v) is 3.99. The van der Waals surface area contributed by atoms with E-state index in [4.69, 9.17) is 14.2 Å². The largest absolute Gasteiger partial charge is 0.497 e. The highest BCUT2D eigenvalue weighted by Gasteiger charge is 2.18. The molecule has 0 fully saturated rings. The summed E-state index contributed by atoms with van der Waals surface area (Å²) in [5.74, 6) is 2.09. The minimum Gasteiger partial charge on any atom is -0.497 e. The van der Waals surface area contributed by atoms with Crippen LogP contribution in [0.5, 0.6) is 17.2 Å². The molecule has 0 spiro atoms. The number of benzene rings is 2. The zero-order valence-corrected chi connectivity index (χ0v) is 14.5. The third kappa shape index (κ3) is 4.41. The first kappa shape index (κ1) is 17.7. The zero-order valence-electron chi connectivity index (χ0n) is 14.5. The van der Waals surface area contributed by atoms with Gasteiger partial charge in [-0.25, -0.2) is 0 Å². The Morgan fingerprint density at radius 1 is 0.917 bits per heavy atom. The summed E-state index contributed by atoms with van der Waals surface area (Å²) in [6.45, 7) is 1.97. The number of nitrogens with zero attached hydrogens (tertiary/aromatic N) is 1. The fraction of sp³-hybridized carbons (Fsp3) is 0.316. The molecule has 0 radical (unpaired) electrons. The van der Waals surface area contributed by atoms with Gasteiger partial charge in [-0.1, -0.05) is 12.1 Å². The van der Waals surface area contributed by atoms with Gasteiger partial charge in [-0.15, -0.1) is 0 Å². The molecule has 5 heteroatoms. The Bertz CT molecular complexity index is 652. The molecular formula is C19H23NO4. The van der Waals surface area contributed by atoms with Gasteiger partial charge in [0.05, 0.1) is 20.3 Å². The first-order valence-corrected chi connectivity index (χ1v) is 7.71. The lowest BCUT2D eigenvalue weighted by Crippen LogP contribution is -2.33. The minimum atomic E-state index is -0.0888. The van der Waals surface area contributed by atoms with Gasteiger partial charge in [0.15, 0.2) is 6.61 Å². The van der Waals surface area contributed by atoms with Crippen molar-refractivity contribution in [3.05, 3.63) is 54.1 Å². The van der Waals surface area contributed by atoms with Gasteiger partial charge in [0.25, 0.3) is 5.91 Å². The number of ether oxygens (including phenoxy) is 3. The van der Waals surface area contributed by atoms with E-state index in [9.17, 15) is 4.79 Å². The van der Waals surface area contributed by atoms with Gasteiger partial charge < -0.3 is 19.1 Å². The summed E-state index contributed by atoms with van der Waals surface area (Å²) >= 11 is 0. The van der Waals surface area contributed by atoms with E-state index in [-0.39, 0.29) is 18.6 Å². The molecule has 2 rings (SSSR count). The number of methoxy groups -OCH3 is 2. The first-order chi connectivity index (χ1) is 11.5. The Kier molecular flexibility index (Phi) is 6.07. The molecule has 0 aliphatic heterocycles. The molecule has 0 saturated heterocycles. The second kappa shape index (κ2) is 8.24. The van der Waals surface area contributed by atoms with E-state index >= 15 is 0 Å². The molecule has 1 unspecified atom stereocenters. The van der Waals surface area contributed by atoms with Crippen molar-refractivity contribution < 1.29 is 19.0 Å². The number of amides is 1. The van der Waals surface area contributed by atoms with Gasteiger partial charge in [-0.3, -0.25) is 4.79 Å². The fourth-order valence-corrected chi connectivity index (χ4v) is 2.24. The highest BCUT2D eigenvalue weighted by molar-refractivity contribution is 5.78. The Labute approximate surface area is 142 Å². The van der Waals surface area contributed by atoms with Crippen molar-refractivity contribution >= 4 is 5.91 Å². The normalized spacial score (nSPS) is 11.5. The van der Waals surface area contributed by atoms with Crippen molar-refractivity contribution in [1.29, 1.82) is 0 Å². The standard InChI is InChI=1S/C19H23NO4/c1-14(15-5-7-16(22-3)8-6-15)20(2)19(21)13-24-18-11-9-17(23-4)10-12-18/h5-12,14H,13H2,1-4H3. The van der Waals surface area contributed by atoms with Gasteiger partial charge in [-0.05, 0) is 48.9 Å². The SMILES string of the molecule is COc1ccc(OCC(=O)N(C)C(C)c2ccc(OC)cc2)cc1. The van der Waals surface area contributed by atoms with Crippen LogP contribution in [0.2, 0.25) is 0 Å². The zero-order chi connectivity index (χ0) is 17.5. The van der Waals surface area contributed by atoms with Gasteiger partial charge >= 0.3 is 0 Å². The summed E-state index contributed by atoms with van der Waals surface area (Å²) in [5, 5.41) is 0. The highest BCUT2D eigenvalue weighted by atomic mass is 16.5. The van der Waals surface area contributed by atoms with E-state index in [0.29, 0.717) is 5.75 Å². The molecular weight excluding hydrogens is 306 g/mol. The lowest BCUT2D eigenvalue weighted by atomic mass is 10.1. The Balaban J connectivity index is 1.92. The maximum atomic E-state index is 12.3. The number of hydrogen-bond acceptors (Lipinski definition) is 4. The third-order valence-electron chi connectivity index (χ3n) is 3.99. The molecule has 0 aliphatic rings. The van der Waals surface area contributed by atoms with Crippen LogP contribution in [-0.4, -0.2) is 38.7 Å². The topological polar surface area (TPSA) is 48.0 Å². The Morgan fingerprint density at radius 2 is 1.38 bits per heavy atom. The molecule has 2 aromatic rings. The predicted octanol–water partition coefficient (Wildman–Crippen LogP) is 3.30. The molecule has 0 aliphatic carbocycles. The van der Waals surface area contributed by atoms with Crippen molar-refractivity contribution in [3.63, 3.8) is 0 Å². The Morgan fingerprint density at radius 3 is 1.88 bits per heavy atom. The van der Waals surface area contributed by atoms with E-state index in [1.54, 1.807) is 50.4 Å². The quantitative estimate of drug-likeness (QED) is 0.782. The summed E-state index contributed by atoms with van der Waals surface area (Å²) in [5.41, 5.74) is 1.04. The van der Waals surface area contributed by atoms with Gasteiger partial charge in [0.1, 0.15) is 17.2 Å². The second-order valence-corrected chi connectivity index (χ2v) is 5.42. The van der Waals surface area contributed by atoms with Crippen LogP contribution in [0.3, 0.4) is 0 Å². The van der Waals surface area contributed by atoms with Crippen LogP contribution in [0.1, 0.15) is 18.5 Å². The fourth-order valence-electron chi connectivity index (χ4n) is 2.24. The molecule has 0 heterocycles. The van der Waals surface area contributed by atoms with Crippen LogP contribution in [0.25, 0.3) is 0 Å². The number of carbonyl (C=O) groups is 1. The average Bonchev–Trinajstić information content (AvgIpc) is 2.65. The Hall–Kier alpha value is -2.69. The van der Waals surface area contributed by atoms with Crippen LogP contribution >= 0.6 is 0 Å². The highest BCUT2D eigenvalue weighted by Crippen LogP contribution is 2.22. The smallest absolute Gasteiger partial charge is 0.260 e. The van der Waals surface area contributed by atoms with Gasteiger partial charge in [0.2, 0.25) is 0 Å². The molecule has 0 N–H and O–H groups in total. The molecule has 128 valence electrons. The van der Waals surface area contributed by atoms with Crippen molar-refractivity contribution in [1.82, 2.24) is 4.90 Å². The molecule has 1 atom stereocenters. The van der Waals surface area contributed by atoms with E-state index in [2.05, 4.69) is 0 Å². The maximum absolute atomic E-state index is 12.3. The van der Waals surface area contributed by atoms with E-state index in [1.165, 1.54) is 0 Å². The molecule has 2 aromatic carbocycles. The van der Waals surface area contributed by atoms with Crippen LogP contribution in [0.4, 0.5) is 0 Å². The summed E-state index contributed by atoms with van der Waals surface area (Å²) in [7, 11) is 5.01. The number of likely N-dealkylation sites (N-methyl/N-ethyl adjacent to an activating group) is 1. The van der Waals surface area contributed by atoms with E-state index < -0.39 is 0 Å². The van der Waals surface area contributed by atoms with Crippen molar-refractivity contribution in [2.45, 2.75) is 13.0 Å². The molecule has 0 aromatic heterocycles. The molecule has 0 bridgehead atoms. The van der Waals surface area contributed by atoms with Crippen LogP contribution in [-0.2, 0) is 4.79 Å². The molecule has 1 amide bonds. The molecule has 5 nitrogen and oxygen atoms in total. The lowest BCUT2D eigenvalue weighted by Gasteiger charge is -2.25. The molecule has 24 heavy (non-hydrogen) atoms. The average molecular weight is 329 g/mol. The summed E-state index contributed by atoms with van der Waals surface area (Å²) in [4.78, 5) is 14.0. The minimum absolute atomic E-state index is 0.0106. The summed E-state index contributed by atoms with van der Waals surface area (Å²) in [6.07, 6.45) is 0. The predicted molar refractivity (Wildman–Crippen MR) is 92.7 cm³/mol. The van der Waals surface area contributed by atoms with Crippen molar-refractivity contribution in [3.8, 4) is 17.2 Å². The number of hydrogen-bond donors (Lipinski definition) is 0. The van der Waals surface area contributed by atoms with E-state index in [1.807, 2.05) is 31.2 Å². The van der Waals surface area contributed by atoms with Crippen LogP contribution in [0, 0.1) is 0 Å². The van der Waals surface area contributed by atoms with Gasteiger partial charge in [-0.2, -0.15) is 0 Å². The summed E-state index contributed by atoms with van der Waals surface area (Å²) < 4.78 is 15.8. The molecule has 0 saturated carbocycles. The van der Waals surface area contributed by atoms with Crippen molar-refractivity contribution in [2.24, 2.45) is 0 Å². The monoisotopic (exact) mass is 329 g/mol. The maximum Gasteiger partial charge on any atom is 0.260 e. The van der Waals surface area contributed by atoms with Crippen LogP contribution in [0.15, 0.2) is 48.5 Å². The van der Waals surface area contributed by atoms with E-state index in [0.717, 1.165) is 17.1 Å². The van der Waals surface area contributed by atoms with Crippen LogP contribution < -0.4 is 14.2 Å². The van der Waals surface area contributed by atoms with Gasteiger partial charge in [0, 0.05) is 7.05 Å². The number of carbonyl (C=O) groups excluding carboxylic acids is 1. The summed E-state index contributed by atoms with van der Waals surface area (Å²) in [6, 6.07) is 14.8. The second-order valence-electron chi connectivity index (χ2n) is 5.42. The van der Waals surface area contributed by atoms with Crippen molar-refractivity contribution in [2.75, 3.05) is 27.9 Å².